The first-order chi connectivity index (χ1) is 9.99. The van der Waals surface area contributed by atoms with Crippen molar-refractivity contribution in [2.75, 3.05) is 23.3 Å². The van der Waals surface area contributed by atoms with Gasteiger partial charge in [0.1, 0.15) is 11.5 Å². The summed E-state index contributed by atoms with van der Waals surface area (Å²) in [6, 6.07) is 4.82. The highest BCUT2D eigenvalue weighted by molar-refractivity contribution is 5.94. The molecule has 0 spiro atoms. The third-order valence-corrected chi connectivity index (χ3v) is 3.87. The smallest absolute Gasteiger partial charge is 0.227 e. The molecule has 1 aromatic carbocycles. The quantitative estimate of drug-likeness (QED) is 0.878. The molecular formula is C16H23FN2O2. The van der Waals surface area contributed by atoms with Crippen LogP contribution in [0.1, 0.15) is 33.1 Å². The maximum atomic E-state index is 14.1. The number of nitrogens with zero attached hydrogens (tertiary/aromatic N) is 1. The Bertz CT molecular complexity index is 499. The van der Waals surface area contributed by atoms with E-state index in [0.717, 1.165) is 31.6 Å². The minimum atomic E-state index is -0.716. The van der Waals surface area contributed by atoms with E-state index in [4.69, 9.17) is 0 Å². The zero-order valence-electron chi connectivity index (χ0n) is 12.6. The summed E-state index contributed by atoms with van der Waals surface area (Å²) >= 11 is 0. The molecule has 1 aliphatic rings. The molecule has 0 aliphatic carbocycles. The average molecular weight is 294 g/mol. The topological polar surface area (TPSA) is 52.6 Å². The van der Waals surface area contributed by atoms with E-state index < -0.39 is 11.9 Å². The summed E-state index contributed by atoms with van der Waals surface area (Å²) < 4.78 is 14.1. The summed E-state index contributed by atoms with van der Waals surface area (Å²) in [6.45, 7) is 5.44. The van der Waals surface area contributed by atoms with Crippen LogP contribution in [0.4, 0.5) is 15.8 Å². The molecule has 1 heterocycles. The Kier molecular flexibility index (Phi) is 5.17. The van der Waals surface area contributed by atoms with Gasteiger partial charge in [-0.3, -0.25) is 4.79 Å². The number of rotatable bonds is 5. The SMILES string of the molecule is CC(C)C(O)CC(=O)Nc1c(F)cccc1N1CCCC1. The van der Waals surface area contributed by atoms with Crippen molar-refractivity contribution in [3.63, 3.8) is 0 Å². The highest BCUT2D eigenvalue weighted by Gasteiger charge is 2.21. The number of carbonyl (C=O) groups is 1. The van der Waals surface area contributed by atoms with Crippen LogP contribution >= 0.6 is 0 Å². The maximum Gasteiger partial charge on any atom is 0.227 e. The number of halogens is 1. The van der Waals surface area contributed by atoms with Gasteiger partial charge in [0.15, 0.2) is 0 Å². The highest BCUT2D eigenvalue weighted by atomic mass is 19.1. The predicted molar refractivity (Wildman–Crippen MR) is 81.9 cm³/mol. The number of carbonyl (C=O) groups excluding carboxylic acids is 1. The number of hydrogen-bond acceptors (Lipinski definition) is 3. The molecule has 1 atom stereocenters. The molecule has 1 amide bonds. The van der Waals surface area contributed by atoms with Gasteiger partial charge in [0.2, 0.25) is 5.91 Å². The molecule has 1 saturated heterocycles. The molecule has 1 aromatic rings. The summed E-state index contributed by atoms with van der Waals surface area (Å²) in [5.74, 6) is -0.803. The van der Waals surface area contributed by atoms with E-state index >= 15 is 0 Å². The molecule has 1 unspecified atom stereocenters. The fourth-order valence-corrected chi connectivity index (χ4v) is 2.47. The fraction of sp³-hybridized carbons (Fsp3) is 0.562. The number of aliphatic hydroxyl groups excluding tert-OH is 1. The first-order valence-electron chi connectivity index (χ1n) is 7.50. The lowest BCUT2D eigenvalue weighted by atomic mass is 10.0. The summed E-state index contributed by atoms with van der Waals surface area (Å²) in [6.07, 6.45) is 1.42. The Morgan fingerprint density at radius 1 is 1.38 bits per heavy atom. The van der Waals surface area contributed by atoms with Crippen LogP contribution in [-0.2, 0) is 4.79 Å². The van der Waals surface area contributed by atoms with E-state index in [1.54, 1.807) is 6.07 Å². The molecule has 0 bridgehead atoms. The van der Waals surface area contributed by atoms with Crippen LogP contribution in [0.25, 0.3) is 0 Å². The Hall–Kier alpha value is -1.62. The Morgan fingerprint density at radius 2 is 2.05 bits per heavy atom. The number of anilines is 2. The van der Waals surface area contributed by atoms with Crippen molar-refractivity contribution >= 4 is 17.3 Å². The van der Waals surface area contributed by atoms with Gasteiger partial charge < -0.3 is 15.3 Å². The second-order valence-electron chi connectivity index (χ2n) is 5.89. The molecule has 2 rings (SSSR count). The normalized spacial score (nSPS) is 16.3. The van der Waals surface area contributed by atoms with Crippen molar-refractivity contribution in [2.24, 2.45) is 5.92 Å². The minimum absolute atomic E-state index is 0.00516. The van der Waals surface area contributed by atoms with Gasteiger partial charge in [-0.05, 0) is 30.9 Å². The molecule has 4 nitrogen and oxygen atoms in total. The molecule has 0 radical (unpaired) electrons. The van der Waals surface area contributed by atoms with Crippen LogP contribution in [0.2, 0.25) is 0 Å². The van der Waals surface area contributed by atoms with Gasteiger partial charge in [0.25, 0.3) is 0 Å². The largest absolute Gasteiger partial charge is 0.392 e. The van der Waals surface area contributed by atoms with Crippen molar-refractivity contribution in [3.05, 3.63) is 24.0 Å². The van der Waals surface area contributed by atoms with Crippen molar-refractivity contribution in [2.45, 2.75) is 39.2 Å². The van der Waals surface area contributed by atoms with E-state index in [1.165, 1.54) is 6.07 Å². The van der Waals surface area contributed by atoms with Gasteiger partial charge in [-0.15, -0.1) is 0 Å². The molecule has 0 aromatic heterocycles. The van der Waals surface area contributed by atoms with Crippen molar-refractivity contribution in [1.29, 1.82) is 0 Å². The van der Waals surface area contributed by atoms with E-state index in [0.29, 0.717) is 0 Å². The van der Waals surface area contributed by atoms with Gasteiger partial charge in [-0.2, -0.15) is 0 Å². The van der Waals surface area contributed by atoms with E-state index in [-0.39, 0.29) is 23.9 Å². The number of para-hydroxylation sites is 1. The second kappa shape index (κ2) is 6.89. The number of amides is 1. The maximum absolute atomic E-state index is 14.1. The average Bonchev–Trinajstić information content (AvgIpc) is 2.94. The molecule has 1 fully saturated rings. The third kappa shape index (κ3) is 3.94. The zero-order valence-corrected chi connectivity index (χ0v) is 12.6. The summed E-state index contributed by atoms with van der Waals surface area (Å²) in [4.78, 5) is 14.1. The molecule has 116 valence electrons. The van der Waals surface area contributed by atoms with Crippen molar-refractivity contribution in [3.8, 4) is 0 Å². The number of aliphatic hydroxyl groups is 1. The standard InChI is InChI=1S/C16H23FN2O2/c1-11(2)14(20)10-15(21)18-16-12(17)6-5-7-13(16)19-8-3-4-9-19/h5-7,11,14,20H,3-4,8-10H2,1-2H3,(H,18,21). The summed E-state index contributed by atoms with van der Waals surface area (Å²) in [5.41, 5.74) is 0.945. The van der Waals surface area contributed by atoms with Crippen LogP contribution in [-0.4, -0.2) is 30.2 Å². The Balaban J connectivity index is 2.13. The molecular weight excluding hydrogens is 271 g/mol. The summed E-state index contributed by atoms with van der Waals surface area (Å²) in [7, 11) is 0. The van der Waals surface area contributed by atoms with Gasteiger partial charge >= 0.3 is 0 Å². The van der Waals surface area contributed by atoms with E-state index in [1.807, 2.05) is 19.9 Å². The molecule has 1 aliphatic heterocycles. The Morgan fingerprint density at radius 3 is 2.67 bits per heavy atom. The molecule has 2 N–H and O–H groups in total. The van der Waals surface area contributed by atoms with Gasteiger partial charge in [-0.25, -0.2) is 4.39 Å². The minimum Gasteiger partial charge on any atom is -0.392 e. The van der Waals surface area contributed by atoms with Crippen LogP contribution in [0, 0.1) is 11.7 Å². The first-order valence-corrected chi connectivity index (χ1v) is 7.50. The monoisotopic (exact) mass is 294 g/mol. The van der Waals surface area contributed by atoms with Crippen molar-refractivity contribution < 1.29 is 14.3 Å². The van der Waals surface area contributed by atoms with Gasteiger partial charge in [-0.1, -0.05) is 19.9 Å². The second-order valence-corrected chi connectivity index (χ2v) is 5.89. The number of nitrogens with one attached hydrogen (secondary N) is 1. The lowest BCUT2D eigenvalue weighted by Crippen LogP contribution is -2.26. The third-order valence-electron chi connectivity index (χ3n) is 3.87. The predicted octanol–water partition coefficient (Wildman–Crippen LogP) is 2.77. The van der Waals surface area contributed by atoms with Gasteiger partial charge in [0, 0.05) is 13.1 Å². The summed E-state index contributed by atoms with van der Waals surface area (Å²) in [5, 5.41) is 12.4. The lowest BCUT2D eigenvalue weighted by Gasteiger charge is -2.22. The fourth-order valence-electron chi connectivity index (χ4n) is 2.47. The number of hydrogen-bond donors (Lipinski definition) is 2. The van der Waals surface area contributed by atoms with Crippen LogP contribution < -0.4 is 10.2 Å². The van der Waals surface area contributed by atoms with Crippen molar-refractivity contribution in [1.82, 2.24) is 0 Å². The lowest BCUT2D eigenvalue weighted by molar-refractivity contribution is -0.118. The van der Waals surface area contributed by atoms with Gasteiger partial charge in [0.05, 0.1) is 18.2 Å². The van der Waals surface area contributed by atoms with E-state index in [9.17, 15) is 14.3 Å². The first kappa shape index (κ1) is 15.8. The van der Waals surface area contributed by atoms with Crippen LogP contribution in [0.3, 0.4) is 0 Å². The zero-order chi connectivity index (χ0) is 15.4. The highest BCUT2D eigenvalue weighted by Crippen LogP contribution is 2.31. The molecule has 5 heteroatoms. The Labute approximate surface area is 125 Å². The van der Waals surface area contributed by atoms with Crippen LogP contribution in [0.15, 0.2) is 18.2 Å². The molecule has 0 saturated carbocycles. The van der Waals surface area contributed by atoms with Crippen LogP contribution in [0.5, 0.6) is 0 Å². The molecule has 21 heavy (non-hydrogen) atoms. The van der Waals surface area contributed by atoms with E-state index in [2.05, 4.69) is 10.2 Å². The number of benzene rings is 1.